The molecule has 0 N–H and O–H groups in total. The van der Waals surface area contributed by atoms with Gasteiger partial charge in [-0.05, 0) is 101 Å². The standard InChI is InChI=1S/C55H38N2/c1-55(2)48-24-14-13-21-42(48)43-29-28-41(33-49(43)55)52-44-22-11-12-23-45(44)53(46-30-27-40(32-47(46)52)39-26-25-35-15-9-10-20-38(35)31-39)51-34-50(36-16-5-3-6-17-36)56-54(57-51)37-18-7-4-8-19-37/h3-34H,1-2H3. The number of fused-ring (bicyclic) bond motifs is 6. The van der Waals surface area contributed by atoms with Gasteiger partial charge in [0.1, 0.15) is 0 Å². The van der Waals surface area contributed by atoms with Crippen molar-refractivity contribution in [2.24, 2.45) is 0 Å². The van der Waals surface area contributed by atoms with E-state index in [1.807, 2.05) is 6.07 Å². The zero-order chi connectivity index (χ0) is 38.1. The van der Waals surface area contributed by atoms with Gasteiger partial charge in [-0.2, -0.15) is 0 Å². The third kappa shape index (κ3) is 5.40. The van der Waals surface area contributed by atoms with Crippen LogP contribution in [0.25, 0.3) is 99.6 Å². The first-order valence-electron chi connectivity index (χ1n) is 19.7. The molecule has 9 aromatic carbocycles. The molecule has 268 valence electrons. The van der Waals surface area contributed by atoms with Crippen LogP contribution >= 0.6 is 0 Å². The van der Waals surface area contributed by atoms with Crippen molar-refractivity contribution in [1.29, 1.82) is 0 Å². The molecule has 1 aromatic heterocycles. The predicted molar refractivity (Wildman–Crippen MR) is 239 cm³/mol. The largest absolute Gasteiger partial charge is 0.228 e. The van der Waals surface area contributed by atoms with E-state index in [-0.39, 0.29) is 5.41 Å². The molecule has 57 heavy (non-hydrogen) atoms. The maximum atomic E-state index is 5.39. The Morgan fingerprint density at radius 3 is 1.72 bits per heavy atom. The molecule has 0 saturated heterocycles. The zero-order valence-corrected chi connectivity index (χ0v) is 31.9. The van der Waals surface area contributed by atoms with Crippen molar-refractivity contribution >= 4 is 32.3 Å². The lowest BCUT2D eigenvalue weighted by molar-refractivity contribution is 0.660. The Kier molecular flexibility index (Phi) is 7.55. The molecule has 1 aliphatic rings. The van der Waals surface area contributed by atoms with Crippen molar-refractivity contribution in [3.8, 4) is 67.3 Å². The van der Waals surface area contributed by atoms with Gasteiger partial charge in [0.05, 0.1) is 11.4 Å². The van der Waals surface area contributed by atoms with Crippen molar-refractivity contribution in [2.45, 2.75) is 19.3 Å². The van der Waals surface area contributed by atoms with Gasteiger partial charge >= 0.3 is 0 Å². The van der Waals surface area contributed by atoms with Gasteiger partial charge in [-0.15, -0.1) is 0 Å². The van der Waals surface area contributed by atoms with Gasteiger partial charge in [-0.25, -0.2) is 9.97 Å². The highest BCUT2D eigenvalue weighted by atomic mass is 14.9. The van der Waals surface area contributed by atoms with E-state index in [4.69, 9.17) is 9.97 Å². The van der Waals surface area contributed by atoms with Crippen LogP contribution in [0.5, 0.6) is 0 Å². The smallest absolute Gasteiger partial charge is 0.160 e. The lowest BCUT2D eigenvalue weighted by Gasteiger charge is -2.23. The van der Waals surface area contributed by atoms with E-state index in [2.05, 4.69) is 202 Å². The van der Waals surface area contributed by atoms with Gasteiger partial charge in [-0.1, -0.05) is 184 Å². The Morgan fingerprint density at radius 1 is 0.333 bits per heavy atom. The maximum Gasteiger partial charge on any atom is 0.160 e. The molecule has 11 rings (SSSR count). The third-order valence-corrected chi connectivity index (χ3v) is 12.1. The average molecular weight is 727 g/mol. The Labute approximate surface area is 332 Å². The number of aromatic nitrogens is 2. The molecule has 0 amide bonds. The first kappa shape index (κ1) is 33.2. The molecule has 0 unspecified atom stereocenters. The molecule has 0 spiro atoms. The minimum absolute atomic E-state index is 0.119. The summed E-state index contributed by atoms with van der Waals surface area (Å²) in [6.45, 7) is 4.73. The summed E-state index contributed by atoms with van der Waals surface area (Å²) in [5, 5.41) is 7.20. The number of benzene rings is 9. The normalized spacial score (nSPS) is 12.9. The molecule has 0 bridgehead atoms. The highest BCUT2D eigenvalue weighted by molar-refractivity contribution is 6.22. The minimum Gasteiger partial charge on any atom is -0.228 e. The molecule has 2 nitrogen and oxygen atoms in total. The van der Waals surface area contributed by atoms with Crippen molar-refractivity contribution in [1.82, 2.24) is 9.97 Å². The Balaban J connectivity index is 1.23. The van der Waals surface area contributed by atoms with Crippen molar-refractivity contribution in [3.05, 3.63) is 205 Å². The van der Waals surface area contributed by atoms with Crippen molar-refractivity contribution in [3.63, 3.8) is 0 Å². The number of rotatable bonds is 5. The molecule has 10 aromatic rings. The molecule has 1 heterocycles. The molecule has 1 aliphatic carbocycles. The number of nitrogens with zero attached hydrogens (tertiary/aromatic N) is 2. The molecule has 0 saturated carbocycles. The third-order valence-electron chi connectivity index (χ3n) is 12.1. The summed E-state index contributed by atoms with van der Waals surface area (Å²) >= 11 is 0. The fourth-order valence-corrected chi connectivity index (χ4v) is 9.22. The number of hydrogen-bond donors (Lipinski definition) is 0. The van der Waals surface area contributed by atoms with E-state index in [9.17, 15) is 0 Å². The molecule has 0 radical (unpaired) electrons. The summed E-state index contributed by atoms with van der Waals surface area (Å²) in [7, 11) is 0. The van der Waals surface area contributed by atoms with Crippen LogP contribution in [0.4, 0.5) is 0 Å². The highest BCUT2D eigenvalue weighted by Gasteiger charge is 2.35. The van der Waals surface area contributed by atoms with E-state index in [1.54, 1.807) is 0 Å². The lowest BCUT2D eigenvalue weighted by atomic mass is 9.80. The molecular weight excluding hydrogens is 689 g/mol. The summed E-state index contributed by atoms with van der Waals surface area (Å²) in [6.07, 6.45) is 0. The summed E-state index contributed by atoms with van der Waals surface area (Å²) in [5.74, 6) is 0.710. The molecule has 0 fully saturated rings. The second-order valence-electron chi connectivity index (χ2n) is 15.7. The summed E-state index contributed by atoms with van der Waals surface area (Å²) < 4.78 is 0. The number of hydrogen-bond acceptors (Lipinski definition) is 2. The van der Waals surface area contributed by atoms with Gasteiger partial charge < -0.3 is 0 Å². The molecule has 2 heteroatoms. The van der Waals surface area contributed by atoms with Crippen LogP contribution in [0, 0.1) is 0 Å². The maximum absolute atomic E-state index is 5.39. The summed E-state index contributed by atoms with van der Waals surface area (Å²) in [6, 6.07) is 70.3. The zero-order valence-electron chi connectivity index (χ0n) is 31.9. The SMILES string of the molecule is CC1(C)c2ccccc2-c2ccc(-c3c4ccccc4c(-c4cc(-c5ccccc5)nc(-c5ccccc5)n4)c4ccc(-c5ccc6ccccc6c5)cc34)cc21. The quantitative estimate of drug-likeness (QED) is 0.165. The van der Waals surface area contributed by atoms with Crippen LogP contribution in [-0.2, 0) is 5.41 Å². The van der Waals surface area contributed by atoms with Crippen LogP contribution in [0.3, 0.4) is 0 Å². The van der Waals surface area contributed by atoms with E-state index in [0.29, 0.717) is 5.82 Å². The molecule has 0 aliphatic heterocycles. The van der Waals surface area contributed by atoms with Gasteiger partial charge in [0.25, 0.3) is 0 Å². The fraction of sp³-hybridized carbons (Fsp3) is 0.0545. The van der Waals surface area contributed by atoms with Crippen LogP contribution in [0.2, 0.25) is 0 Å². The first-order chi connectivity index (χ1) is 28.0. The highest BCUT2D eigenvalue weighted by Crippen LogP contribution is 2.51. The Bertz CT molecular complexity index is 3140. The average Bonchev–Trinajstić information content (AvgIpc) is 3.50. The van der Waals surface area contributed by atoms with Gasteiger partial charge in [0.15, 0.2) is 5.82 Å². The van der Waals surface area contributed by atoms with Gasteiger partial charge in [0.2, 0.25) is 0 Å². The molecular formula is C55H38N2. The van der Waals surface area contributed by atoms with E-state index in [1.165, 1.54) is 71.4 Å². The van der Waals surface area contributed by atoms with Crippen LogP contribution in [0.15, 0.2) is 194 Å². The Hall–Kier alpha value is -7.16. The van der Waals surface area contributed by atoms with Gasteiger partial charge in [-0.3, -0.25) is 0 Å². The second kappa shape index (κ2) is 13.0. The van der Waals surface area contributed by atoms with E-state index >= 15 is 0 Å². The monoisotopic (exact) mass is 726 g/mol. The predicted octanol–water partition coefficient (Wildman–Crippen LogP) is 14.6. The second-order valence-corrected chi connectivity index (χ2v) is 15.7. The van der Waals surface area contributed by atoms with E-state index < -0.39 is 0 Å². The van der Waals surface area contributed by atoms with Crippen LogP contribution in [-0.4, -0.2) is 9.97 Å². The van der Waals surface area contributed by atoms with Gasteiger partial charge in [0, 0.05) is 22.1 Å². The lowest BCUT2D eigenvalue weighted by Crippen LogP contribution is -2.14. The Morgan fingerprint density at radius 2 is 0.912 bits per heavy atom. The van der Waals surface area contributed by atoms with Crippen molar-refractivity contribution in [2.75, 3.05) is 0 Å². The summed E-state index contributed by atoms with van der Waals surface area (Å²) in [4.78, 5) is 10.6. The van der Waals surface area contributed by atoms with E-state index in [0.717, 1.165) is 33.5 Å². The van der Waals surface area contributed by atoms with Crippen molar-refractivity contribution < 1.29 is 0 Å². The minimum atomic E-state index is -0.119. The van der Waals surface area contributed by atoms with Crippen LogP contribution < -0.4 is 0 Å². The topological polar surface area (TPSA) is 25.8 Å². The first-order valence-corrected chi connectivity index (χ1v) is 19.7. The summed E-state index contributed by atoms with van der Waals surface area (Å²) in [5.41, 5.74) is 15.1. The molecule has 0 atom stereocenters. The van der Waals surface area contributed by atoms with Crippen LogP contribution in [0.1, 0.15) is 25.0 Å². The fourth-order valence-electron chi connectivity index (χ4n) is 9.22.